The maximum Gasteiger partial charge on any atom is 0.193 e. The molecule has 1 aliphatic rings. The van der Waals surface area contributed by atoms with Crippen LogP contribution in [0.4, 0.5) is 0 Å². The summed E-state index contributed by atoms with van der Waals surface area (Å²) < 4.78 is 8.11. The van der Waals surface area contributed by atoms with E-state index in [1.807, 2.05) is 31.0 Å². The molecule has 7 heteroatoms. The standard InChI is InChI=1S/C18H24BrN5O/c1-20-18(21-9-13-4-5-17(25-3)16(19)8-13)24-7-6-14(12-24)15-10-22-23(2)11-15/h4-5,8,10-11,14H,6-7,9,12H2,1-3H3,(H,20,21). The van der Waals surface area contributed by atoms with E-state index in [1.54, 1.807) is 7.11 Å². The van der Waals surface area contributed by atoms with Crippen molar-refractivity contribution < 1.29 is 4.74 Å². The molecule has 2 aromatic rings. The molecule has 1 N–H and O–H groups in total. The first-order valence-electron chi connectivity index (χ1n) is 8.37. The van der Waals surface area contributed by atoms with E-state index >= 15 is 0 Å². The Balaban J connectivity index is 1.59. The van der Waals surface area contributed by atoms with E-state index < -0.39 is 0 Å². The second kappa shape index (κ2) is 7.91. The fraction of sp³-hybridized carbons (Fsp3) is 0.444. The van der Waals surface area contributed by atoms with E-state index in [0.29, 0.717) is 5.92 Å². The molecule has 1 saturated heterocycles. The van der Waals surface area contributed by atoms with Crippen molar-refractivity contribution in [3.05, 3.63) is 46.2 Å². The van der Waals surface area contributed by atoms with Crippen LogP contribution in [0.15, 0.2) is 40.1 Å². The summed E-state index contributed by atoms with van der Waals surface area (Å²) in [6, 6.07) is 6.10. The lowest BCUT2D eigenvalue weighted by Crippen LogP contribution is -2.39. The average molecular weight is 406 g/mol. The van der Waals surface area contributed by atoms with Gasteiger partial charge in [0.15, 0.2) is 5.96 Å². The van der Waals surface area contributed by atoms with E-state index in [0.717, 1.165) is 42.2 Å². The van der Waals surface area contributed by atoms with E-state index in [2.05, 4.69) is 54.6 Å². The minimum Gasteiger partial charge on any atom is -0.496 e. The summed E-state index contributed by atoms with van der Waals surface area (Å²) in [5.74, 6) is 2.30. The summed E-state index contributed by atoms with van der Waals surface area (Å²) in [5.41, 5.74) is 2.48. The van der Waals surface area contributed by atoms with Gasteiger partial charge in [-0.2, -0.15) is 5.10 Å². The highest BCUT2D eigenvalue weighted by molar-refractivity contribution is 9.10. The van der Waals surface area contributed by atoms with Crippen LogP contribution in [0, 0.1) is 0 Å². The van der Waals surface area contributed by atoms with Crippen molar-refractivity contribution in [3.63, 3.8) is 0 Å². The molecule has 25 heavy (non-hydrogen) atoms. The molecule has 1 aliphatic heterocycles. The Morgan fingerprint density at radius 1 is 1.48 bits per heavy atom. The van der Waals surface area contributed by atoms with Gasteiger partial charge in [0.05, 0.1) is 17.8 Å². The summed E-state index contributed by atoms with van der Waals surface area (Å²) in [4.78, 5) is 6.76. The first-order valence-corrected chi connectivity index (χ1v) is 9.16. The Hall–Kier alpha value is -2.02. The fourth-order valence-corrected chi connectivity index (χ4v) is 3.80. The van der Waals surface area contributed by atoms with E-state index in [1.165, 1.54) is 11.1 Å². The SMILES string of the molecule is CN=C(NCc1ccc(OC)c(Br)c1)N1CCC(c2cnn(C)c2)C1. The number of aliphatic imine (C=N–C) groups is 1. The van der Waals surface area contributed by atoms with E-state index in [-0.39, 0.29) is 0 Å². The second-order valence-corrected chi connectivity index (χ2v) is 7.10. The van der Waals surface area contributed by atoms with Crippen LogP contribution in [-0.2, 0) is 13.6 Å². The number of benzene rings is 1. The Morgan fingerprint density at radius 3 is 2.96 bits per heavy atom. The molecule has 0 saturated carbocycles. The van der Waals surface area contributed by atoms with Crippen molar-refractivity contribution in [1.29, 1.82) is 0 Å². The molecule has 3 rings (SSSR count). The van der Waals surface area contributed by atoms with Gasteiger partial charge >= 0.3 is 0 Å². The number of hydrogen-bond acceptors (Lipinski definition) is 3. The molecule has 0 radical (unpaired) electrons. The van der Waals surface area contributed by atoms with Crippen molar-refractivity contribution in [2.24, 2.45) is 12.0 Å². The van der Waals surface area contributed by atoms with Crippen LogP contribution < -0.4 is 10.1 Å². The van der Waals surface area contributed by atoms with Crippen molar-refractivity contribution >= 4 is 21.9 Å². The van der Waals surface area contributed by atoms with Gasteiger partial charge in [-0.05, 0) is 45.6 Å². The number of hydrogen-bond donors (Lipinski definition) is 1. The summed E-state index contributed by atoms with van der Waals surface area (Å²) in [5, 5.41) is 7.75. The van der Waals surface area contributed by atoms with Crippen LogP contribution in [0.5, 0.6) is 5.75 Å². The molecule has 1 aromatic carbocycles. The van der Waals surface area contributed by atoms with Crippen molar-refractivity contribution in [2.75, 3.05) is 27.2 Å². The fourth-order valence-electron chi connectivity index (χ4n) is 3.21. The molecule has 0 amide bonds. The predicted octanol–water partition coefficient (Wildman–Crippen LogP) is 2.76. The van der Waals surface area contributed by atoms with Gasteiger partial charge in [-0.1, -0.05) is 6.07 Å². The zero-order valence-corrected chi connectivity index (χ0v) is 16.5. The van der Waals surface area contributed by atoms with Gasteiger partial charge in [0.1, 0.15) is 5.75 Å². The molecule has 2 heterocycles. The minimum atomic E-state index is 0.516. The number of guanidine groups is 1. The van der Waals surface area contributed by atoms with Crippen molar-refractivity contribution in [2.45, 2.75) is 18.9 Å². The Morgan fingerprint density at radius 2 is 2.32 bits per heavy atom. The Labute approximate surface area is 157 Å². The molecule has 1 fully saturated rings. The molecule has 0 aliphatic carbocycles. The van der Waals surface area contributed by atoms with E-state index in [4.69, 9.17) is 4.74 Å². The Kier molecular flexibility index (Phi) is 5.63. The molecule has 6 nitrogen and oxygen atoms in total. The van der Waals surface area contributed by atoms with Crippen LogP contribution in [-0.4, -0.2) is 47.9 Å². The van der Waals surface area contributed by atoms with Gasteiger partial charge in [-0.25, -0.2) is 0 Å². The summed E-state index contributed by atoms with van der Waals surface area (Å²) in [6.45, 7) is 2.70. The maximum absolute atomic E-state index is 5.28. The van der Waals surface area contributed by atoms with Gasteiger partial charge in [-0.3, -0.25) is 9.67 Å². The lowest BCUT2D eigenvalue weighted by molar-refractivity contribution is 0.412. The number of methoxy groups -OCH3 is 1. The lowest BCUT2D eigenvalue weighted by atomic mass is 10.0. The monoisotopic (exact) mass is 405 g/mol. The third kappa shape index (κ3) is 4.15. The molecule has 1 unspecified atom stereocenters. The van der Waals surface area contributed by atoms with Gasteiger partial charge in [0, 0.05) is 45.8 Å². The summed E-state index contributed by atoms with van der Waals surface area (Å²) in [7, 11) is 5.47. The number of ether oxygens (including phenoxy) is 1. The molecule has 134 valence electrons. The van der Waals surface area contributed by atoms with Crippen LogP contribution in [0.2, 0.25) is 0 Å². The quantitative estimate of drug-likeness (QED) is 0.627. The minimum absolute atomic E-state index is 0.516. The third-order valence-electron chi connectivity index (χ3n) is 4.56. The summed E-state index contributed by atoms with van der Waals surface area (Å²) >= 11 is 3.53. The van der Waals surface area contributed by atoms with Crippen LogP contribution in [0.1, 0.15) is 23.5 Å². The molecular formula is C18H24BrN5O. The van der Waals surface area contributed by atoms with Gasteiger partial charge < -0.3 is 15.0 Å². The highest BCUT2D eigenvalue weighted by atomic mass is 79.9. The number of nitrogens with zero attached hydrogens (tertiary/aromatic N) is 4. The number of aryl methyl sites for hydroxylation is 1. The largest absolute Gasteiger partial charge is 0.496 e. The zero-order chi connectivity index (χ0) is 17.8. The highest BCUT2D eigenvalue weighted by Crippen LogP contribution is 2.27. The van der Waals surface area contributed by atoms with Gasteiger partial charge in [-0.15, -0.1) is 0 Å². The normalized spacial score (nSPS) is 17.8. The molecular weight excluding hydrogens is 382 g/mol. The number of halogens is 1. The van der Waals surface area contributed by atoms with Crippen LogP contribution in [0.25, 0.3) is 0 Å². The third-order valence-corrected chi connectivity index (χ3v) is 5.18. The van der Waals surface area contributed by atoms with Gasteiger partial charge in [0.2, 0.25) is 0 Å². The van der Waals surface area contributed by atoms with Gasteiger partial charge in [0.25, 0.3) is 0 Å². The van der Waals surface area contributed by atoms with Crippen molar-refractivity contribution in [1.82, 2.24) is 20.0 Å². The second-order valence-electron chi connectivity index (χ2n) is 6.25. The smallest absolute Gasteiger partial charge is 0.193 e. The maximum atomic E-state index is 5.28. The molecule has 0 spiro atoms. The van der Waals surface area contributed by atoms with Crippen molar-refractivity contribution in [3.8, 4) is 5.75 Å². The topological polar surface area (TPSA) is 54.7 Å². The lowest BCUT2D eigenvalue weighted by Gasteiger charge is -2.21. The number of rotatable bonds is 4. The van der Waals surface area contributed by atoms with Crippen LogP contribution >= 0.6 is 15.9 Å². The molecule has 1 atom stereocenters. The molecule has 1 aromatic heterocycles. The highest BCUT2D eigenvalue weighted by Gasteiger charge is 2.26. The average Bonchev–Trinajstić information content (AvgIpc) is 3.25. The number of aromatic nitrogens is 2. The van der Waals surface area contributed by atoms with Crippen LogP contribution in [0.3, 0.4) is 0 Å². The first-order chi connectivity index (χ1) is 12.1. The Bertz CT molecular complexity index is 758. The molecule has 0 bridgehead atoms. The zero-order valence-electron chi connectivity index (χ0n) is 14.9. The summed E-state index contributed by atoms with van der Waals surface area (Å²) in [6.07, 6.45) is 5.21. The predicted molar refractivity (Wildman–Crippen MR) is 103 cm³/mol. The number of nitrogens with one attached hydrogen (secondary N) is 1. The first kappa shape index (κ1) is 17.8. The number of likely N-dealkylation sites (tertiary alicyclic amines) is 1. The van der Waals surface area contributed by atoms with E-state index in [9.17, 15) is 0 Å².